The Morgan fingerprint density at radius 1 is 1.35 bits per heavy atom. The number of amidine groups is 1. The Balaban J connectivity index is 0. The molecule has 12 heteroatoms. The molecule has 2 N–H and O–H groups in total. The topological polar surface area (TPSA) is 147 Å². The van der Waals surface area contributed by atoms with Gasteiger partial charge in [0.15, 0.2) is 0 Å². The largest absolute Gasteiger partial charge is 2.00 e. The van der Waals surface area contributed by atoms with E-state index in [1.165, 1.54) is 6.21 Å². The van der Waals surface area contributed by atoms with Crippen LogP contribution in [0, 0.1) is 10.1 Å². The van der Waals surface area contributed by atoms with Gasteiger partial charge < -0.3 is 32.8 Å². The van der Waals surface area contributed by atoms with Crippen molar-refractivity contribution in [2.24, 2.45) is 10.2 Å². The second-order valence-electron chi connectivity index (χ2n) is 4.40. The van der Waals surface area contributed by atoms with Gasteiger partial charge >= 0.3 is 17.1 Å². The first kappa shape index (κ1) is 25.7. The van der Waals surface area contributed by atoms with Crippen molar-refractivity contribution >= 4 is 34.9 Å². The number of fused-ring (bicyclic) bond motifs is 1. The minimum Gasteiger partial charge on any atom is -0.857 e. The number of aromatic nitrogens is 1. The maximum atomic E-state index is 11.8. The number of nitrogens with zero attached hydrogens (tertiary/aromatic N) is 4. The molecule has 1 aromatic carbocycles. The Bertz CT molecular complexity index is 806. The standard InChI is InChI=1S/C13H14N4OS.CH3O.Cu.HNO3/c1-17(2)13(19)16-14-8-10-7-9-5-3-4-6-11(9)15-12(10)18;1-2;;2-1(3)4/h3-8H,1-2H3,(H,15,18)(H,16,19);1H3;;(H,2,3,4)/q;-1;+2;/p-1/b14-8+;;;. The zero-order valence-corrected chi connectivity index (χ0v) is 15.8. The molecule has 0 saturated heterocycles. The average Bonchev–Trinajstić information content (AvgIpc) is 2.56. The summed E-state index contributed by atoms with van der Waals surface area (Å²) in [7, 11) is 4.31. The Hall–Kier alpha value is -2.53. The van der Waals surface area contributed by atoms with Crippen LogP contribution in [0.15, 0.2) is 45.3 Å². The number of H-pyrrole nitrogens is 1. The molecule has 2 rings (SSSR count). The van der Waals surface area contributed by atoms with E-state index >= 15 is 0 Å². The van der Waals surface area contributed by atoms with Crippen LogP contribution in [-0.4, -0.2) is 52.8 Å². The van der Waals surface area contributed by atoms with E-state index in [9.17, 15) is 4.79 Å². The summed E-state index contributed by atoms with van der Waals surface area (Å²) in [6.45, 7) is 0. The molecule has 26 heavy (non-hydrogen) atoms. The maximum absolute atomic E-state index is 11.8. The number of hydrogen-bond acceptors (Lipinski definition) is 7. The predicted octanol–water partition coefficient (Wildman–Crippen LogP) is -0.0472. The van der Waals surface area contributed by atoms with Crippen molar-refractivity contribution < 1.29 is 32.5 Å². The van der Waals surface area contributed by atoms with Crippen LogP contribution in [0.4, 0.5) is 0 Å². The van der Waals surface area contributed by atoms with E-state index in [2.05, 4.69) is 15.2 Å². The van der Waals surface area contributed by atoms with Crippen LogP contribution in [0.1, 0.15) is 5.56 Å². The van der Waals surface area contributed by atoms with Gasteiger partial charge in [0.1, 0.15) is 0 Å². The summed E-state index contributed by atoms with van der Waals surface area (Å²) in [6, 6.07) is 9.32. The molecule has 0 unspecified atom stereocenters. The van der Waals surface area contributed by atoms with Gasteiger partial charge in [0.05, 0.1) is 11.8 Å². The maximum Gasteiger partial charge on any atom is 2.00 e. The minimum absolute atomic E-state index is 0. The normalized spacial score (nSPS) is 10.1. The molecule has 0 spiro atoms. The Morgan fingerprint density at radius 3 is 2.42 bits per heavy atom. The summed E-state index contributed by atoms with van der Waals surface area (Å²) >= 11 is 4.96. The van der Waals surface area contributed by atoms with Crippen molar-refractivity contribution in [3.63, 3.8) is 0 Å². The zero-order valence-electron chi connectivity index (χ0n) is 14.0. The molecule has 0 saturated carbocycles. The molecule has 0 aliphatic rings. The van der Waals surface area contributed by atoms with Gasteiger partial charge in [-0.1, -0.05) is 18.2 Å². The molecule has 0 fully saturated rings. The van der Waals surface area contributed by atoms with E-state index in [-0.39, 0.29) is 22.6 Å². The number of hydrogen-bond donors (Lipinski definition) is 2. The van der Waals surface area contributed by atoms with Crippen molar-refractivity contribution in [1.82, 2.24) is 9.88 Å². The van der Waals surface area contributed by atoms with Gasteiger partial charge in [0, 0.05) is 24.8 Å². The second kappa shape index (κ2) is 13.7. The van der Waals surface area contributed by atoms with Crippen molar-refractivity contribution in [2.75, 3.05) is 21.2 Å². The average molecular weight is 431 g/mol. The van der Waals surface area contributed by atoms with E-state index in [1.807, 2.05) is 24.3 Å². The van der Waals surface area contributed by atoms with E-state index in [0.717, 1.165) is 18.0 Å². The third-order valence-electron chi connectivity index (χ3n) is 2.50. The second-order valence-corrected chi connectivity index (χ2v) is 4.77. The van der Waals surface area contributed by atoms with Crippen molar-refractivity contribution in [3.05, 3.63) is 56.4 Å². The first-order chi connectivity index (χ1) is 11.8. The van der Waals surface area contributed by atoms with Crippen LogP contribution in [0.25, 0.3) is 10.9 Å². The predicted molar refractivity (Wildman–Crippen MR) is 95.4 cm³/mol. The van der Waals surface area contributed by atoms with Crippen molar-refractivity contribution in [1.29, 1.82) is 0 Å². The molecule has 0 atom stereocenters. The molecule has 0 bridgehead atoms. The quantitative estimate of drug-likeness (QED) is 0.169. The molecule has 1 radical (unpaired) electrons. The molecule has 10 nitrogen and oxygen atoms in total. The molecule has 145 valence electrons. The van der Waals surface area contributed by atoms with Gasteiger partial charge in [0.2, 0.25) is 0 Å². The van der Waals surface area contributed by atoms with Crippen LogP contribution in [0.5, 0.6) is 0 Å². The third kappa shape index (κ3) is 9.69. The van der Waals surface area contributed by atoms with Crippen molar-refractivity contribution in [2.45, 2.75) is 0 Å². The number of aromatic amines is 1. The van der Waals surface area contributed by atoms with Gasteiger partial charge in [-0.3, -0.25) is 4.79 Å². The minimum atomic E-state index is -1.50. The van der Waals surface area contributed by atoms with Gasteiger partial charge in [-0.2, -0.15) is 17.3 Å². The fourth-order valence-electron chi connectivity index (χ4n) is 1.49. The number of nitrogens with one attached hydrogen (secondary N) is 1. The molecular formula is C14H17CuN5O5S. The van der Waals surface area contributed by atoms with Gasteiger partial charge in [-0.25, -0.2) is 0 Å². The summed E-state index contributed by atoms with van der Waals surface area (Å²) in [6.07, 6.45) is 1.40. The summed E-state index contributed by atoms with van der Waals surface area (Å²) < 4.78 is 0. The number of para-hydroxylation sites is 1. The summed E-state index contributed by atoms with van der Waals surface area (Å²) in [4.78, 5) is 24.6. The monoisotopic (exact) mass is 430 g/mol. The van der Waals surface area contributed by atoms with Crippen LogP contribution in [-0.2, 0) is 29.7 Å². The summed E-state index contributed by atoms with van der Waals surface area (Å²) in [5.74, 6) is 0. The summed E-state index contributed by atoms with van der Waals surface area (Å²) in [5.41, 5.74) is 1.04. The molecular weight excluding hydrogens is 414 g/mol. The van der Waals surface area contributed by atoms with Gasteiger partial charge in [0.25, 0.3) is 10.6 Å². The first-order valence-electron chi connectivity index (χ1n) is 6.62. The SMILES string of the molecule is CN(C)/C([S-])=N/N=C/c1cc2ccccc2[nH]c1=O.C[O-].O=[N+]([O-])O.[Cu+2]. The van der Waals surface area contributed by atoms with Gasteiger partial charge in [-0.15, -0.1) is 10.1 Å². The Labute approximate surface area is 165 Å². The Kier molecular flexibility index (Phi) is 13.6. The van der Waals surface area contributed by atoms with Crippen LogP contribution in [0.3, 0.4) is 0 Å². The van der Waals surface area contributed by atoms with Crippen LogP contribution in [0.2, 0.25) is 0 Å². The molecule has 1 heterocycles. The third-order valence-corrected chi connectivity index (χ3v) is 2.95. The van der Waals surface area contributed by atoms with Crippen LogP contribution >= 0.6 is 0 Å². The van der Waals surface area contributed by atoms with E-state index in [4.69, 9.17) is 33.1 Å². The number of benzene rings is 1. The fourth-order valence-corrected chi connectivity index (χ4v) is 1.54. The molecule has 1 aromatic heterocycles. The summed E-state index contributed by atoms with van der Waals surface area (Å²) in [5, 5.41) is 30.8. The number of pyridine rings is 1. The molecule has 0 aliphatic heterocycles. The van der Waals surface area contributed by atoms with Crippen molar-refractivity contribution in [3.8, 4) is 0 Å². The molecule has 0 amide bonds. The molecule has 0 aliphatic carbocycles. The zero-order chi connectivity index (χ0) is 19.4. The number of rotatable bonds is 2. The van der Waals surface area contributed by atoms with Crippen LogP contribution < -0.4 is 10.7 Å². The first-order valence-corrected chi connectivity index (χ1v) is 7.03. The van der Waals surface area contributed by atoms with E-state index in [1.54, 1.807) is 25.1 Å². The van der Waals surface area contributed by atoms with E-state index < -0.39 is 5.09 Å². The smallest absolute Gasteiger partial charge is 0.857 e. The Morgan fingerprint density at radius 2 is 1.88 bits per heavy atom. The molecule has 2 aromatic rings. The van der Waals surface area contributed by atoms with Gasteiger partial charge in [-0.05, 0) is 17.5 Å². The fraction of sp³-hybridized carbons (Fsp3) is 0.214. The van der Waals surface area contributed by atoms with E-state index in [0.29, 0.717) is 10.7 Å².